The van der Waals surface area contributed by atoms with Crippen LogP contribution in [0.4, 0.5) is 0 Å². The summed E-state index contributed by atoms with van der Waals surface area (Å²) in [6.07, 6.45) is 2.56. The van der Waals surface area contributed by atoms with Crippen LogP contribution in [0.15, 0.2) is 18.2 Å². The highest BCUT2D eigenvalue weighted by atomic mass is 16.5. The topological polar surface area (TPSA) is 47.6 Å². The second-order valence-corrected chi connectivity index (χ2v) is 6.87. The van der Waals surface area contributed by atoms with Gasteiger partial charge in [0.25, 0.3) is 0 Å². The summed E-state index contributed by atoms with van der Waals surface area (Å²) < 4.78 is 11.0. The first-order valence-corrected chi connectivity index (χ1v) is 7.94. The number of rotatable bonds is 6. The van der Waals surface area contributed by atoms with Gasteiger partial charge >= 0.3 is 5.97 Å². The second-order valence-electron chi connectivity index (χ2n) is 6.87. The molecule has 0 fully saturated rings. The Hall–Kier alpha value is -1.55. The van der Waals surface area contributed by atoms with Gasteiger partial charge in [0.15, 0.2) is 0 Å². The van der Waals surface area contributed by atoms with Crippen molar-refractivity contribution in [3.63, 3.8) is 0 Å². The lowest BCUT2D eigenvalue weighted by molar-refractivity contribution is -0.148. The van der Waals surface area contributed by atoms with Gasteiger partial charge in [-0.3, -0.25) is 10.1 Å². The molecule has 1 aromatic carbocycles. The first-order chi connectivity index (χ1) is 10.3. The molecule has 0 spiro atoms. The number of benzene rings is 1. The number of ether oxygens (including phenoxy) is 2. The van der Waals surface area contributed by atoms with Crippen LogP contribution in [0.5, 0.6) is 5.75 Å². The fourth-order valence-electron chi connectivity index (χ4n) is 3.10. The molecule has 0 aliphatic carbocycles. The number of esters is 1. The largest absolute Gasteiger partial charge is 0.487 e. The van der Waals surface area contributed by atoms with E-state index in [0.29, 0.717) is 6.54 Å². The highest BCUT2D eigenvalue weighted by Crippen LogP contribution is 2.37. The molecule has 1 N–H and O–H groups in total. The Morgan fingerprint density at radius 2 is 2.18 bits per heavy atom. The zero-order valence-electron chi connectivity index (χ0n) is 14.3. The highest BCUT2D eigenvalue weighted by molar-refractivity contribution is 5.80. The summed E-state index contributed by atoms with van der Waals surface area (Å²) in [4.78, 5) is 12.1. The SMILES string of the molecule is CCCC(C)(NCc1cccc2c1OC(C)(C)C2)C(=O)OC. The van der Waals surface area contributed by atoms with E-state index in [-0.39, 0.29) is 11.6 Å². The first-order valence-electron chi connectivity index (χ1n) is 7.94. The van der Waals surface area contributed by atoms with Gasteiger partial charge in [-0.05, 0) is 32.8 Å². The number of carbonyl (C=O) groups is 1. The molecule has 0 amide bonds. The molecular formula is C18H27NO3. The molecular weight excluding hydrogens is 278 g/mol. The molecule has 122 valence electrons. The predicted molar refractivity (Wildman–Crippen MR) is 87.0 cm³/mol. The molecule has 0 saturated heterocycles. The molecule has 0 bridgehead atoms. The maximum atomic E-state index is 12.1. The van der Waals surface area contributed by atoms with Crippen LogP contribution >= 0.6 is 0 Å². The fraction of sp³-hybridized carbons (Fsp3) is 0.611. The molecule has 0 radical (unpaired) electrons. The van der Waals surface area contributed by atoms with Gasteiger partial charge in [0.2, 0.25) is 0 Å². The van der Waals surface area contributed by atoms with Gasteiger partial charge in [-0.2, -0.15) is 0 Å². The molecule has 4 heteroatoms. The lowest BCUT2D eigenvalue weighted by Gasteiger charge is -2.28. The van der Waals surface area contributed by atoms with Crippen LogP contribution in [0.1, 0.15) is 51.7 Å². The van der Waals surface area contributed by atoms with Crippen molar-refractivity contribution >= 4 is 5.97 Å². The summed E-state index contributed by atoms with van der Waals surface area (Å²) in [5.41, 5.74) is 1.50. The van der Waals surface area contributed by atoms with Crippen LogP contribution in [0.25, 0.3) is 0 Å². The number of nitrogens with one attached hydrogen (secondary N) is 1. The summed E-state index contributed by atoms with van der Waals surface area (Å²) in [6.45, 7) is 8.75. The van der Waals surface area contributed by atoms with Crippen LogP contribution in [-0.4, -0.2) is 24.2 Å². The molecule has 1 aliphatic heterocycles. The van der Waals surface area contributed by atoms with Gasteiger partial charge < -0.3 is 9.47 Å². The number of hydrogen-bond acceptors (Lipinski definition) is 4. The highest BCUT2D eigenvalue weighted by Gasteiger charge is 2.35. The Morgan fingerprint density at radius 1 is 1.45 bits per heavy atom. The van der Waals surface area contributed by atoms with Crippen molar-refractivity contribution in [2.45, 2.75) is 64.6 Å². The van der Waals surface area contributed by atoms with Crippen molar-refractivity contribution < 1.29 is 14.3 Å². The minimum atomic E-state index is -0.666. The van der Waals surface area contributed by atoms with Gasteiger partial charge in [0.1, 0.15) is 16.9 Å². The molecule has 1 aromatic rings. The third-order valence-corrected chi connectivity index (χ3v) is 4.23. The molecule has 1 unspecified atom stereocenters. The molecule has 1 heterocycles. The van der Waals surface area contributed by atoms with Crippen LogP contribution in [0.2, 0.25) is 0 Å². The maximum Gasteiger partial charge on any atom is 0.325 e. The predicted octanol–water partition coefficient (Wildman–Crippen LogP) is 3.22. The van der Waals surface area contributed by atoms with Crippen molar-refractivity contribution in [2.24, 2.45) is 0 Å². The second kappa shape index (κ2) is 6.29. The smallest absolute Gasteiger partial charge is 0.325 e. The summed E-state index contributed by atoms with van der Waals surface area (Å²) in [5, 5.41) is 3.37. The third-order valence-electron chi connectivity index (χ3n) is 4.23. The van der Waals surface area contributed by atoms with E-state index < -0.39 is 5.54 Å². The Kier molecular flexibility index (Phi) is 4.81. The van der Waals surface area contributed by atoms with Gasteiger partial charge in [-0.15, -0.1) is 0 Å². The summed E-state index contributed by atoms with van der Waals surface area (Å²) in [6, 6.07) is 6.21. The van der Waals surface area contributed by atoms with E-state index in [1.165, 1.54) is 12.7 Å². The zero-order valence-corrected chi connectivity index (χ0v) is 14.3. The lowest BCUT2D eigenvalue weighted by Crippen LogP contribution is -2.49. The lowest BCUT2D eigenvalue weighted by atomic mass is 9.95. The monoisotopic (exact) mass is 305 g/mol. The van der Waals surface area contributed by atoms with Crippen LogP contribution in [0.3, 0.4) is 0 Å². The number of carbonyl (C=O) groups excluding carboxylic acids is 1. The molecule has 4 nitrogen and oxygen atoms in total. The van der Waals surface area contributed by atoms with Gasteiger partial charge in [0.05, 0.1) is 7.11 Å². The Balaban J connectivity index is 2.16. The van der Waals surface area contributed by atoms with Crippen molar-refractivity contribution in [1.82, 2.24) is 5.32 Å². The number of fused-ring (bicyclic) bond motifs is 1. The minimum Gasteiger partial charge on any atom is -0.487 e. The molecule has 0 aromatic heterocycles. The molecule has 22 heavy (non-hydrogen) atoms. The zero-order chi connectivity index (χ0) is 16.4. The van der Waals surface area contributed by atoms with E-state index >= 15 is 0 Å². The van der Waals surface area contributed by atoms with Gasteiger partial charge in [0, 0.05) is 18.5 Å². The van der Waals surface area contributed by atoms with Gasteiger partial charge in [-0.25, -0.2) is 0 Å². The van der Waals surface area contributed by atoms with Crippen LogP contribution in [-0.2, 0) is 22.5 Å². The molecule has 0 saturated carbocycles. The Labute approximate surface area is 133 Å². The van der Waals surface area contributed by atoms with E-state index in [4.69, 9.17) is 9.47 Å². The number of methoxy groups -OCH3 is 1. The van der Waals surface area contributed by atoms with E-state index in [1.54, 1.807) is 0 Å². The van der Waals surface area contributed by atoms with Crippen molar-refractivity contribution in [3.8, 4) is 5.75 Å². The molecule has 1 aliphatic rings. The van der Waals surface area contributed by atoms with Crippen molar-refractivity contribution in [3.05, 3.63) is 29.3 Å². The third kappa shape index (κ3) is 3.43. The van der Waals surface area contributed by atoms with Crippen molar-refractivity contribution in [1.29, 1.82) is 0 Å². The summed E-state index contributed by atoms with van der Waals surface area (Å²) >= 11 is 0. The molecule has 1 atom stereocenters. The average molecular weight is 305 g/mol. The Bertz CT molecular complexity index is 553. The quantitative estimate of drug-likeness (QED) is 0.820. The van der Waals surface area contributed by atoms with Crippen molar-refractivity contribution in [2.75, 3.05) is 7.11 Å². The van der Waals surface area contributed by atoms with E-state index in [9.17, 15) is 4.79 Å². The maximum absolute atomic E-state index is 12.1. The summed E-state index contributed by atoms with van der Waals surface area (Å²) in [5.74, 6) is 0.742. The standard InChI is InChI=1S/C18H27NO3/c1-6-10-18(4,16(20)21-5)19-12-14-9-7-8-13-11-17(2,3)22-15(13)14/h7-9,19H,6,10-12H2,1-5H3. The van der Waals surface area contributed by atoms with E-state index in [1.807, 2.05) is 6.92 Å². The Morgan fingerprint density at radius 3 is 2.82 bits per heavy atom. The van der Waals surface area contributed by atoms with E-state index in [0.717, 1.165) is 30.6 Å². The normalized spacial score (nSPS) is 18.2. The molecule has 2 rings (SSSR count). The number of para-hydroxylation sites is 1. The number of hydrogen-bond donors (Lipinski definition) is 1. The van der Waals surface area contributed by atoms with Crippen LogP contribution < -0.4 is 10.1 Å². The minimum absolute atomic E-state index is 0.159. The first kappa shape index (κ1) is 16.8. The van der Waals surface area contributed by atoms with Crippen LogP contribution in [0, 0.1) is 0 Å². The van der Waals surface area contributed by atoms with E-state index in [2.05, 4.69) is 44.3 Å². The fourth-order valence-corrected chi connectivity index (χ4v) is 3.10. The van der Waals surface area contributed by atoms with Gasteiger partial charge in [-0.1, -0.05) is 31.5 Å². The average Bonchev–Trinajstić information content (AvgIpc) is 2.78. The summed E-state index contributed by atoms with van der Waals surface area (Å²) in [7, 11) is 1.43.